The van der Waals surface area contributed by atoms with E-state index in [0.29, 0.717) is 12.2 Å². The number of hydrogen-bond donors (Lipinski definition) is 0. The number of rotatable bonds is 9. The molecule has 0 amide bonds. The highest BCUT2D eigenvalue weighted by molar-refractivity contribution is 5.91. The predicted octanol–water partition coefficient (Wildman–Crippen LogP) is 4.35. The van der Waals surface area contributed by atoms with Crippen LogP contribution < -0.4 is 0 Å². The van der Waals surface area contributed by atoms with Crippen LogP contribution in [0.5, 0.6) is 0 Å². The maximum Gasteiger partial charge on any atom is 0.340 e. The van der Waals surface area contributed by atoms with E-state index in [4.69, 9.17) is 9.47 Å². The first-order chi connectivity index (χ1) is 9.69. The van der Waals surface area contributed by atoms with Gasteiger partial charge in [-0.25, -0.2) is 4.79 Å². The van der Waals surface area contributed by atoms with E-state index in [1.54, 1.807) is 13.0 Å². The van der Waals surface area contributed by atoms with Gasteiger partial charge in [0.1, 0.15) is 0 Å². The molecule has 0 bridgehead atoms. The molecule has 1 rings (SSSR count). The summed E-state index contributed by atoms with van der Waals surface area (Å²) < 4.78 is 10.8. The molecule has 20 heavy (non-hydrogen) atoms. The van der Waals surface area contributed by atoms with Crippen molar-refractivity contribution in [2.45, 2.75) is 59.2 Å². The molecule has 0 aliphatic rings. The van der Waals surface area contributed by atoms with E-state index in [1.165, 1.54) is 12.8 Å². The Kier molecular flexibility index (Phi) is 7.97. The molecule has 112 valence electrons. The Morgan fingerprint density at radius 3 is 2.60 bits per heavy atom. The third-order valence-corrected chi connectivity index (χ3v) is 3.24. The van der Waals surface area contributed by atoms with Gasteiger partial charge >= 0.3 is 5.97 Å². The Morgan fingerprint density at radius 2 is 1.90 bits per heavy atom. The van der Waals surface area contributed by atoms with Crippen LogP contribution >= 0.6 is 0 Å². The van der Waals surface area contributed by atoms with E-state index in [0.717, 1.165) is 24.8 Å². The van der Waals surface area contributed by atoms with Crippen molar-refractivity contribution >= 4 is 5.97 Å². The molecule has 1 unspecified atom stereocenters. The topological polar surface area (TPSA) is 35.5 Å². The first kappa shape index (κ1) is 16.7. The van der Waals surface area contributed by atoms with E-state index in [9.17, 15) is 4.79 Å². The highest BCUT2D eigenvalue weighted by Gasteiger charge is 2.14. The second-order valence-corrected chi connectivity index (χ2v) is 4.92. The number of aryl methyl sites for hydroxylation is 1. The highest BCUT2D eigenvalue weighted by Crippen LogP contribution is 2.12. The third-order valence-electron chi connectivity index (χ3n) is 3.24. The Bertz CT molecular complexity index is 401. The standard InChI is InChI=1S/C17H26O3/c1-4-6-7-10-13-19-14(3)20-17(18)16-12-9-8-11-15(16)5-2/h8-9,11-12,14H,4-7,10,13H2,1-3H3. The van der Waals surface area contributed by atoms with Gasteiger partial charge in [0.2, 0.25) is 0 Å². The van der Waals surface area contributed by atoms with Gasteiger partial charge < -0.3 is 9.47 Å². The Balaban J connectivity index is 2.37. The molecule has 3 nitrogen and oxygen atoms in total. The van der Waals surface area contributed by atoms with Gasteiger partial charge in [0, 0.05) is 0 Å². The van der Waals surface area contributed by atoms with Crippen LogP contribution in [0.4, 0.5) is 0 Å². The molecule has 3 heteroatoms. The zero-order valence-electron chi connectivity index (χ0n) is 12.9. The molecule has 1 aromatic carbocycles. The summed E-state index contributed by atoms with van der Waals surface area (Å²) in [6.45, 7) is 6.62. The quantitative estimate of drug-likeness (QED) is 0.383. The van der Waals surface area contributed by atoms with Gasteiger partial charge in [0.05, 0.1) is 12.2 Å². The molecule has 0 saturated carbocycles. The fourth-order valence-corrected chi connectivity index (χ4v) is 2.05. The van der Waals surface area contributed by atoms with Crippen molar-refractivity contribution in [1.29, 1.82) is 0 Å². The Hall–Kier alpha value is -1.35. The first-order valence-corrected chi connectivity index (χ1v) is 7.59. The van der Waals surface area contributed by atoms with Crippen LogP contribution in [0.3, 0.4) is 0 Å². The van der Waals surface area contributed by atoms with Crippen molar-refractivity contribution in [2.75, 3.05) is 6.61 Å². The predicted molar refractivity (Wildman–Crippen MR) is 80.8 cm³/mol. The number of unbranched alkanes of at least 4 members (excludes halogenated alkanes) is 3. The number of carbonyl (C=O) groups is 1. The minimum Gasteiger partial charge on any atom is -0.432 e. The summed E-state index contributed by atoms with van der Waals surface area (Å²) in [4.78, 5) is 12.1. The van der Waals surface area contributed by atoms with Gasteiger partial charge in [-0.3, -0.25) is 0 Å². The zero-order chi connectivity index (χ0) is 14.8. The molecule has 1 atom stereocenters. The van der Waals surface area contributed by atoms with Crippen molar-refractivity contribution in [3.63, 3.8) is 0 Å². The van der Waals surface area contributed by atoms with Crippen LogP contribution in [0, 0.1) is 0 Å². The maximum absolute atomic E-state index is 12.1. The lowest BCUT2D eigenvalue weighted by molar-refractivity contribution is -0.0987. The van der Waals surface area contributed by atoms with E-state index in [-0.39, 0.29) is 5.97 Å². The lowest BCUT2D eigenvalue weighted by atomic mass is 10.1. The van der Waals surface area contributed by atoms with Crippen molar-refractivity contribution in [3.05, 3.63) is 35.4 Å². The van der Waals surface area contributed by atoms with Crippen LogP contribution in [0.2, 0.25) is 0 Å². The van der Waals surface area contributed by atoms with Gasteiger partial charge in [-0.2, -0.15) is 0 Å². The molecule has 0 saturated heterocycles. The van der Waals surface area contributed by atoms with Crippen molar-refractivity contribution in [1.82, 2.24) is 0 Å². The van der Waals surface area contributed by atoms with Gasteiger partial charge in [0.15, 0.2) is 6.29 Å². The molecular formula is C17H26O3. The van der Waals surface area contributed by atoms with Gasteiger partial charge in [0.25, 0.3) is 0 Å². The number of hydrogen-bond acceptors (Lipinski definition) is 3. The van der Waals surface area contributed by atoms with Crippen LogP contribution in [0.25, 0.3) is 0 Å². The lowest BCUT2D eigenvalue weighted by Gasteiger charge is -2.15. The molecule has 0 N–H and O–H groups in total. The number of carbonyl (C=O) groups excluding carboxylic acids is 1. The van der Waals surface area contributed by atoms with Gasteiger partial charge in [-0.15, -0.1) is 0 Å². The molecule has 0 heterocycles. The average molecular weight is 278 g/mol. The fourth-order valence-electron chi connectivity index (χ4n) is 2.05. The van der Waals surface area contributed by atoms with Crippen LogP contribution in [-0.2, 0) is 15.9 Å². The third kappa shape index (κ3) is 5.74. The molecule has 0 aliphatic carbocycles. The second kappa shape index (κ2) is 9.54. The lowest BCUT2D eigenvalue weighted by Crippen LogP contribution is -2.19. The maximum atomic E-state index is 12.1. The molecule has 1 aromatic rings. The van der Waals surface area contributed by atoms with Crippen molar-refractivity contribution in [3.8, 4) is 0 Å². The fraction of sp³-hybridized carbons (Fsp3) is 0.588. The zero-order valence-corrected chi connectivity index (χ0v) is 12.9. The van der Waals surface area contributed by atoms with Crippen molar-refractivity contribution in [2.24, 2.45) is 0 Å². The largest absolute Gasteiger partial charge is 0.432 e. The second-order valence-electron chi connectivity index (χ2n) is 4.92. The minimum atomic E-state index is -0.492. The summed E-state index contributed by atoms with van der Waals surface area (Å²) in [5.41, 5.74) is 1.64. The number of benzene rings is 1. The van der Waals surface area contributed by atoms with E-state index >= 15 is 0 Å². The summed E-state index contributed by atoms with van der Waals surface area (Å²) in [6, 6.07) is 7.54. The van der Waals surface area contributed by atoms with Crippen LogP contribution in [-0.4, -0.2) is 18.9 Å². The Labute approximate surface area is 122 Å². The summed E-state index contributed by atoms with van der Waals surface area (Å²) in [6.07, 6.45) is 4.93. The average Bonchev–Trinajstić information content (AvgIpc) is 2.46. The van der Waals surface area contributed by atoms with Crippen LogP contribution in [0.15, 0.2) is 24.3 Å². The summed E-state index contributed by atoms with van der Waals surface area (Å²) >= 11 is 0. The monoisotopic (exact) mass is 278 g/mol. The minimum absolute atomic E-state index is 0.302. The highest BCUT2D eigenvalue weighted by atomic mass is 16.7. The number of esters is 1. The molecule has 0 fully saturated rings. The molecule has 0 radical (unpaired) electrons. The molecule has 0 aliphatic heterocycles. The summed E-state index contributed by atoms with van der Waals surface area (Å²) in [5, 5.41) is 0. The van der Waals surface area contributed by atoms with Crippen LogP contribution in [0.1, 0.15) is 62.4 Å². The van der Waals surface area contributed by atoms with Gasteiger partial charge in [-0.05, 0) is 31.4 Å². The van der Waals surface area contributed by atoms with E-state index < -0.39 is 6.29 Å². The molecular weight excluding hydrogens is 252 g/mol. The molecule has 0 spiro atoms. The van der Waals surface area contributed by atoms with E-state index in [2.05, 4.69) is 6.92 Å². The van der Waals surface area contributed by atoms with E-state index in [1.807, 2.05) is 25.1 Å². The molecule has 0 aromatic heterocycles. The number of ether oxygens (including phenoxy) is 2. The first-order valence-electron chi connectivity index (χ1n) is 7.59. The van der Waals surface area contributed by atoms with Crippen molar-refractivity contribution < 1.29 is 14.3 Å². The summed E-state index contributed by atoms with van der Waals surface area (Å²) in [7, 11) is 0. The smallest absolute Gasteiger partial charge is 0.340 e. The SMILES string of the molecule is CCCCCCOC(C)OC(=O)c1ccccc1CC. The Morgan fingerprint density at radius 1 is 1.15 bits per heavy atom. The van der Waals surface area contributed by atoms with Gasteiger partial charge in [-0.1, -0.05) is 51.3 Å². The summed E-state index contributed by atoms with van der Waals surface area (Å²) in [5.74, 6) is -0.302. The normalized spacial score (nSPS) is 12.2.